The topological polar surface area (TPSA) is 143 Å². The predicted octanol–water partition coefficient (Wildman–Crippen LogP) is -3.15. The third-order valence-electron chi connectivity index (χ3n) is 1.50. The monoisotopic (exact) mass is 233 g/mol. The first-order valence-corrected chi connectivity index (χ1v) is 3.29. The number of quaternary nitrogens is 2. The van der Waals surface area contributed by atoms with Crippen molar-refractivity contribution >= 4 is 11.6 Å². The molecule has 0 unspecified atom stereocenters. The van der Waals surface area contributed by atoms with E-state index in [2.05, 4.69) is 10.1 Å². The number of hydrogen-bond acceptors (Lipinski definition) is 4. The zero-order valence-corrected chi connectivity index (χ0v) is 9.10. The molecule has 2 aromatic rings. The molecule has 0 spiro atoms. The molecular formula is C7H12ClN5O2. The van der Waals surface area contributed by atoms with Crippen molar-refractivity contribution in [3.63, 3.8) is 0 Å². The van der Waals surface area contributed by atoms with Gasteiger partial charge in [0.15, 0.2) is 5.65 Å². The molecule has 0 aliphatic heterocycles. The summed E-state index contributed by atoms with van der Waals surface area (Å²) in [6.45, 7) is 0. The lowest BCUT2D eigenvalue weighted by Gasteiger charge is -1.96. The largest absolute Gasteiger partial charge is 1.00 e. The van der Waals surface area contributed by atoms with Gasteiger partial charge in [0, 0.05) is 12.4 Å². The fourth-order valence-corrected chi connectivity index (χ4v) is 0.971. The molecule has 8 N–H and O–H groups in total. The Morgan fingerprint density at radius 3 is 2.67 bits per heavy atom. The van der Waals surface area contributed by atoms with Gasteiger partial charge in [-0.15, -0.1) is 0 Å². The normalized spacial score (nSPS) is 8.27. The fourth-order valence-electron chi connectivity index (χ4n) is 0.971. The van der Waals surface area contributed by atoms with E-state index in [9.17, 15) is 9.90 Å². The van der Waals surface area contributed by atoms with Crippen LogP contribution in [-0.4, -0.2) is 20.6 Å². The van der Waals surface area contributed by atoms with E-state index in [1.807, 2.05) is 0 Å². The van der Waals surface area contributed by atoms with E-state index < -0.39 is 5.97 Å². The van der Waals surface area contributed by atoms with Gasteiger partial charge in [-0.2, -0.15) is 5.10 Å². The van der Waals surface area contributed by atoms with Crippen LogP contribution in [0.5, 0.6) is 0 Å². The van der Waals surface area contributed by atoms with Crippen molar-refractivity contribution in [1.82, 2.24) is 26.9 Å². The number of aromatic carboxylic acids is 1. The van der Waals surface area contributed by atoms with Crippen LogP contribution in [0, 0.1) is 0 Å². The molecule has 0 amide bonds. The molecular weight excluding hydrogens is 222 g/mol. The van der Waals surface area contributed by atoms with Crippen molar-refractivity contribution in [2.75, 3.05) is 0 Å². The van der Waals surface area contributed by atoms with E-state index in [1.54, 1.807) is 12.3 Å². The molecule has 0 atom stereocenters. The fraction of sp³-hybridized carbons (Fsp3) is 0. The molecule has 84 valence electrons. The first-order chi connectivity index (χ1) is 5.79. The maximum absolute atomic E-state index is 10.5. The maximum atomic E-state index is 10.5. The average molecular weight is 234 g/mol. The molecule has 0 saturated carbocycles. The maximum Gasteiger partial charge on any atom is 0.164 e. The van der Waals surface area contributed by atoms with E-state index in [4.69, 9.17) is 0 Å². The zero-order valence-electron chi connectivity index (χ0n) is 8.35. The van der Waals surface area contributed by atoms with E-state index in [-0.39, 0.29) is 30.3 Å². The smallest absolute Gasteiger partial charge is 0.164 e. The Morgan fingerprint density at radius 1 is 1.40 bits per heavy atom. The molecule has 0 saturated heterocycles. The Balaban J connectivity index is 0. The number of fused-ring (bicyclic) bond motifs is 1. The molecule has 2 aromatic heterocycles. The highest BCUT2D eigenvalue weighted by molar-refractivity contribution is 5.92. The number of carboxylic acids is 1. The molecule has 2 heterocycles. The number of halogens is 1. The lowest BCUT2D eigenvalue weighted by atomic mass is 10.3. The molecule has 7 nitrogen and oxygen atoms in total. The molecule has 0 radical (unpaired) electrons. The lowest BCUT2D eigenvalue weighted by Crippen LogP contribution is -3.00. The van der Waals surface area contributed by atoms with Crippen LogP contribution in [-0.2, 0) is 0 Å². The molecule has 8 heteroatoms. The minimum absolute atomic E-state index is 0. The summed E-state index contributed by atoms with van der Waals surface area (Å²) in [5, 5.41) is 14.2. The highest BCUT2D eigenvalue weighted by atomic mass is 35.5. The van der Waals surface area contributed by atoms with Gasteiger partial charge in [-0.3, -0.25) is 0 Å². The summed E-state index contributed by atoms with van der Waals surface area (Å²) in [6, 6.07) is 1.67. The molecule has 0 aliphatic rings. The van der Waals surface area contributed by atoms with Gasteiger partial charge in [-0.1, -0.05) is 0 Å². The average Bonchev–Trinajstić information content (AvgIpc) is 2.47. The van der Waals surface area contributed by atoms with Gasteiger partial charge < -0.3 is 34.6 Å². The van der Waals surface area contributed by atoms with Crippen LogP contribution in [0.3, 0.4) is 0 Å². The second-order valence-corrected chi connectivity index (χ2v) is 2.23. The highest BCUT2D eigenvalue weighted by Gasteiger charge is 2.03. The number of aromatic nitrogens is 3. The van der Waals surface area contributed by atoms with Crippen LogP contribution < -0.4 is 29.8 Å². The van der Waals surface area contributed by atoms with Crippen LogP contribution in [0.1, 0.15) is 10.4 Å². The van der Waals surface area contributed by atoms with E-state index >= 15 is 0 Å². The number of nitrogens with zero attached hydrogens (tertiary/aromatic N) is 3. The van der Waals surface area contributed by atoms with Crippen molar-refractivity contribution < 1.29 is 22.3 Å². The van der Waals surface area contributed by atoms with Crippen LogP contribution in [0.25, 0.3) is 5.65 Å². The molecule has 15 heavy (non-hydrogen) atoms. The van der Waals surface area contributed by atoms with Gasteiger partial charge >= 0.3 is 0 Å². The molecule has 2 rings (SSSR count). The van der Waals surface area contributed by atoms with Gasteiger partial charge in [0.25, 0.3) is 0 Å². The zero-order chi connectivity index (χ0) is 8.55. The number of carbonyl (C=O) groups is 1. The molecule has 0 fully saturated rings. The van der Waals surface area contributed by atoms with Crippen LogP contribution in [0.4, 0.5) is 0 Å². The van der Waals surface area contributed by atoms with E-state index in [0.717, 1.165) is 0 Å². The highest BCUT2D eigenvalue weighted by Crippen LogP contribution is 2.04. The second kappa shape index (κ2) is 5.91. The second-order valence-electron chi connectivity index (χ2n) is 2.23. The third kappa shape index (κ3) is 2.62. The standard InChI is InChI=1S/C7H5N3O2.ClH.2H3N/c11-7(12)5-4-9-10-3-1-2-8-6(5)10;;;/h1-4H,(H,11,12);1H;2*1H3. The van der Waals surface area contributed by atoms with Gasteiger partial charge in [-0.05, 0) is 6.07 Å². The Kier molecular flexibility index (Phi) is 6.21. The summed E-state index contributed by atoms with van der Waals surface area (Å²) in [6.07, 6.45) is 4.34. The van der Waals surface area contributed by atoms with Crippen molar-refractivity contribution in [3.05, 3.63) is 30.2 Å². The summed E-state index contributed by atoms with van der Waals surface area (Å²) in [5.74, 6) is -1.26. The van der Waals surface area contributed by atoms with Gasteiger partial charge in [0.1, 0.15) is 0 Å². The van der Waals surface area contributed by atoms with Gasteiger partial charge in [0.2, 0.25) is 0 Å². The number of carbonyl (C=O) groups excluding carboxylic acids is 1. The SMILES string of the molecule is O=C([O-])c1cnn2cccnc12.[Cl-].[NH4+].[NH4+]. The van der Waals surface area contributed by atoms with Crippen LogP contribution >= 0.6 is 0 Å². The van der Waals surface area contributed by atoms with E-state index in [0.29, 0.717) is 5.65 Å². The van der Waals surface area contributed by atoms with Crippen molar-refractivity contribution in [1.29, 1.82) is 0 Å². The minimum atomic E-state index is -1.26. The molecule has 0 bridgehead atoms. The summed E-state index contributed by atoms with van der Waals surface area (Å²) in [4.78, 5) is 14.3. The molecule has 0 aliphatic carbocycles. The Morgan fingerprint density at radius 2 is 2.07 bits per heavy atom. The van der Waals surface area contributed by atoms with Crippen molar-refractivity contribution in [2.24, 2.45) is 0 Å². The summed E-state index contributed by atoms with van der Waals surface area (Å²) >= 11 is 0. The molecule has 0 aromatic carbocycles. The predicted molar refractivity (Wildman–Crippen MR) is 49.3 cm³/mol. The van der Waals surface area contributed by atoms with Gasteiger partial charge in [-0.25, -0.2) is 9.50 Å². The number of hydrogen-bond donors (Lipinski definition) is 2. The Hall–Kier alpha value is -1.70. The third-order valence-corrected chi connectivity index (χ3v) is 1.50. The lowest BCUT2D eigenvalue weighted by molar-refractivity contribution is -0.254. The summed E-state index contributed by atoms with van der Waals surface area (Å²) < 4.78 is 1.38. The summed E-state index contributed by atoms with van der Waals surface area (Å²) in [7, 11) is 0. The van der Waals surface area contributed by atoms with Gasteiger partial charge in [0.05, 0.1) is 17.7 Å². The number of carboxylic acid groups (broad SMARTS) is 1. The minimum Gasteiger partial charge on any atom is -1.00 e. The van der Waals surface area contributed by atoms with Crippen LogP contribution in [0.2, 0.25) is 0 Å². The first kappa shape index (κ1) is 15.8. The first-order valence-electron chi connectivity index (χ1n) is 3.29. The van der Waals surface area contributed by atoms with Crippen LogP contribution in [0.15, 0.2) is 24.7 Å². The Labute approximate surface area is 91.7 Å². The Bertz CT molecular complexity index is 444. The quantitative estimate of drug-likeness (QED) is 0.536. The summed E-state index contributed by atoms with van der Waals surface area (Å²) in [5.41, 5.74) is 0.313. The van der Waals surface area contributed by atoms with Crippen molar-refractivity contribution in [3.8, 4) is 0 Å². The van der Waals surface area contributed by atoms with Crippen molar-refractivity contribution in [2.45, 2.75) is 0 Å². The van der Waals surface area contributed by atoms with E-state index in [1.165, 1.54) is 16.9 Å². The number of rotatable bonds is 1.